The Morgan fingerprint density at radius 3 is 2.62 bits per heavy atom. The van der Waals surface area contributed by atoms with Crippen molar-refractivity contribution in [2.45, 2.75) is 38.9 Å². The molecule has 128 valence electrons. The Balaban J connectivity index is 2.04. The van der Waals surface area contributed by atoms with E-state index in [1.54, 1.807) is 6.20 Å². The number of hydrogen-bond donors (Lipinski definition) is 1. The second kappa shape index (κ2) is 8.15. The maximum atomic E-state index is 12.2. The monoisotopic (exact) mass is 345 g/mol. The Bertz CT molecular complexity index is 725. The molecule has 0 fully saturated rings. The van der Waals surface area contributed by atoms with Crippen LogP contribution in [0.3, 0.4) is 0 Å². The summed E-state index contributed by atoms with van der Waals surface area (Å²) in [6.45, 7) is 7.38. The SMILES string of the molecule is CC(=O)[C@@H](NC(=O)CSc1nccn1-c1ccccc1C)C(C)C. The van der Waals surface area contributed by atoms with E-state index >= 15 is 0 Å². The van der Waals surface area contributed by atoms with Crippen LogP contribution in [0.2, 0.25) is 0 Å². The minimum Gasteiger partial charge on any atom is -0.345 e. The Kier molecular flexibility index (Phi) is 6.20. The van der Waals surface area contributed by atoms with Crippen LogP contribution in [-0.4, -0.2) is 33.0 Å². The van der Waals surface area contributed by atoms with Crippen LogP contribution in [0.4, 0.5) is 0 Å². The van der Waals surface area contributed by atoms with Gasteiger partial charge in [-0.25, -0.2) is 4.98 Å². The molecule has 0 aliphatic heterocycles. The van der Waals surface area contributed by atoms with E-state index in [9.17, 15) is 9.59 Å². The number of amides is 1. The van der Waals surface area contributed by atoms with E-state index in [0.29, 0.717) is 0 Å². The summed E-state index contributed by atoms with van der Waals surface area (Å²) in [4.78, 5) is 28.1. The van der Waals surface area contributed by atoms with Crippen molar-refractivity contribution in [2.75, 3.05) is 5.75 Å². The van der Waals surface area contributed by atoms with Crippen molar-refractivity contribution in [2.24, 2.45) is 5.92 Å². The van der Waals surface area contributed by atoms with Crippen LogP contribution in [0.5, 0.6) is 0 Å². The third-order valence-electron chi connectivity index (χ3n) is 3.74. The zero-order valence-corrected chi connectivity index (χ0v) is 15.3. The van der Waals surface area contributed by atoms with Gasteiger partial charge >= 0.3 is 0 Å². The number of ketones is 1. The van der Waals surface area contributed by atoms with Crippen molar-refractivity contribution in [3.05, 3.63) is 42.2 Å². The number of aromatic nitrogens is 2. The average Bonchev–Trinajstić information content (AvgIpc) is 2.98. The minimum absolute atomic E-state index is 0.0234. The molecule has 0 bridgehead atoms. The average molecular weight is 345 g/mol. The molecule has 0 aliphatic rings. The van der Waals surface area contributed by atoms with Crippen molar-refractivity contribution in [1.29, 1.82) is 0 Å². The molecule has 0 unspecified atom stereocenters. The third-order valence-corrected chi connectivity index (χ3v) is 4.70. The van der Waals surface area contributed by atoms with E-state index < -0.39 is 6.04 Å². The number of aryl methyl sites for hydroxylation is 1. The van der Waals surface area contributed by atoms with Gasteiger partial charge in [0.1, 0.15) is 0 Å². The fraction of sp³-hybridized carbons (Fsp3) is 0.389. The summed E-state index contributed by atoms with van der Waals surface area (Å²) in [6, 6.07) is 7.59. The van der Waals surface area contributed by atoms with Gasteiger partial charge in [0.2, 0.25) is 5.91 Å². The molecular weight excluding hydrogens is 322 g/mol. The molecule has 1 heterocycles. The van der Waals surface area contributed by atoms with Crippen molar-refractivity contribution < 1.29 is 9.59 Å². The molecule has 2 rings (SSSR count). The second-order valence-electron chi connectivity index (χ2n) is 6.05. The highest BCUT2D eigenvalue weighted by Gasteiger charge is 2.21. The van der Waals surface area contributed by atoms with Crippen LogP contribution in [0.1, 0.15) is 26.3 Å². The molecule has 1 N–H and O–H groups in total. The van der Waals surface area contributed by atoms with Crippen molar-refractivity contribution in [3.63, 3.8) is 0 Å². The van der Waals surface area contributed by atoms with Gasteiger partial charge in [0, 0.05) is 12.4 Å². The van der Waals surface area contributed by atoms with Gasteiger partial charge in [-0.3, -0.25) is 14.2 Å². The summed E-state index contributed by atoms with van der Waals surface area (Å²) in [5, 5.41) is 3.56. The number of thioether (sulfide) groups is 1. The molecule has 0 aliphatic carbocycles. The first kappa shape index (κ1) is 18.3. The molecule has 6 heteroatoms. The first-order valence-corrected chi connectivity index (χ1v) is 8.90. The largest absolute Gasteiger partial charge is 0.345 e. The third kappa shape index (κ3) is 4.47. The Morgan fingerprint density at radius 1 is 1.29 bits per heavy atom. The lowest BCUT2D eigenvalue weighted by molar-refractivity contribution is -0.126. The van der Waals surface area contributed by atoms with E-state index in [1.807, 2.05) is 55.8 Å². The lowest BCUT2D eigenvalue weighted by atomic mass is 10.0. The van der Waals surface area contributed by atoms with Gasteiger partial charge < -0.3 is 5.32 Å². The van der Waals surface area contributed by atoms with Gasteiger partial charge in [0.15, 0.2) is 10.9 Å². The first-order chi connectivity index (χ1) is 11.4. The number of nitrogens with zero attached hydrogens (tertiary/aromatic N) is 2. The summed E-state index contributed by atoms with van der Waals surface area (Å²) in [5.74, 6) is 0.114. The standard InChI is InChI=1S/C18H23N3O2S/c1-12(2)17(14(4)22)20-16(23)11-24-18-19-9-10-21(18)15-8-6-5-7-13(15)3/h5-10,12,17H,11H2,1-4H3,(H,20,23)/t17-/m0/s1. The van der Waals surface area contributed by atoms with Gasteiger partial charge in [-0.1, -0.05) is 43.8 Å². The van der Waals surface area contributed by atoms with Gasteiger partial charge in [-0.2, -0.15) is 0 Å². The van der Waals surface area contributed by atoms with E-state index in [4.69, 9.17) is 0 Å². The quantitative estimate of drug-likeness (QED) is 0.784. The summed E-state index contributed by atoms with van der Waals surface area (Å²) < 4.78 is 1.97. The summed E-state index contributed by atoms with van der Waals surface area (Å²) in [5.41, 5.74) is 2.18. The number of rotatable bonds is 7. The molecule has 0 radical (unpaired) electrons. The van der Waals surface area contributed by atoms with Crippen LogP contribution in [0, 0.1) is 12.8 Å². The summed E-state index contributed by atoms with van der Waals surface area (Å²) in [6.07, 6.45) is 3.61. The van der Waals surface area contributed by atoms with Crippen LogP contribution < -0.4 is 5.32 Å². The molecule has 0 spiro atoms. The summed E-state index contributed by atoms with van der Waals surface area (Å²) in [7, 11) is 0. The highest BCUT2D eigenvalue weighted by Crippen LogP contribution is 2.22. The molecular formula is C18H23N3O2S. The number of carbonyl (C=O) groups is 2. The number of Topliss-reactive ketones (excluding diaryl/α,β-unsaturated/α-hetero) is 1. The molecule has 24 heavy (non-hydrogen) atoms. The number of benzene rings is 1. The number of carbonyl (C=O) groups excluding carboxylic acids is 2. The van der Waals surface area contributed by atoms with Crippen LogP contribution in [-0.2, 0) is 9.59 Å². The molecule has 0 saturated carbocycles. The predicted molar refractivity (Wildman–Crippen MR) is 96.5 cm³/mol. The highest BCUT2D eigenvalue weighted by molar-refractivity contribution is 7.99. The molecule has 1 amide bonds. The topological polar surface area (TPSA) is 64.0 Å². The van der Waals surface area contributed by atoms with Gasteiger partial charge in [-0.05, 0) is 31.4 Å². The minimum atomic E-state index is -0.436. The Hall–Kier alpha value is -2.08. The molecule has 1 aromatic heterocycles. The Labute approximate surface area is 146 Å². The van der Waals surface area contributed by atoms with Crippen molar-refractivity contribution in [3.8, 4) is 5.69 Å². The number of hydrogen-bond acceptors (Lipinski definition) is 4. The van der Waals surface area contributed by atoms with Crippen molar-refractivity contribution >= 4 is 23.5 Å². The fourth-order valence-corrected chi connectivity index (χ4v) is 3.27. The van der Waals surface area contributed by atoms with E-state index in [2.05, 4.69) is 10.3 Å². The lowest BCUT2D eigenvalue weighted by Gasteiger charge is -2.19. The number of para-hydroxylation sites is 1. The van der Waals surface area contributed by atoms with E-state index in [0.717, 1.165) is 16.4 Å². The fourth-order valence-electron chi connectivity index (χ4n) is 2.50. The molecule has 5 nitrogen and oxygen atoms in total. The molecule has 0 saturated heterocycles. The highest BCUT2D eigenvalue weighted by atomic mass is 32.2. The molecule has 1 aromatic carbocycles. The predicted octanol–water partition coefficient (Wildman–Crippen LogP) is 3.00. The van der Waals surface area contributed by atoms with Gasteiger partial charge in [0.25, 0.3) is 0 Å². The number of imidazole rings is 1. The van der Waals surface area contributed by atoms with Gasteiger partial charge in [-0.15, -0.1) is 0 Å². The zero-order chi connectivity index (χ0) is 17.7. The summed E-state index contributed by atoms with van der Waals surface area (Å²) >= 11 is 1.36. The van der Waals surface area contributed by atoms with E-state index in [1.165, 1.54) is 18.7 Å². The van der Waals surface area contributed by atoms with Crippen LogP contribution in [0.15, 0.2) is 41.8 Å². The second-order valence-corrected chi connectivity index (χ2v) is 7.00. The van der Waals surface area contributed by atoms with Crippen LogP contribution in [0.25, 0.3) is 5.69 Å². The lowest BCUT2D eigenvalue weighted by Crippen LogP contribution is -2.44. The maximum Gasteiger partial charge on any atom is 0.231 e. The smallest absolute Gasteiger partial charge is 0.231 e. The van der Waals surface area contributed by atoms with Gasteiger partial charge in [0.05, 0.1) is 17.5 Å². The van der Waals surface area contributed by atoms with Crippen LogP contribution >= 0.6 is 11.8 Å². The molecule has 2 aromatic rings. The zero-order valence-electron chi connectivity index (χ0n) is 14.4. The van der Waals surface area contributed by atoms with E-state index in [-0.39, 0.29) is 23.4 Å². The first-order valence-electron chi connectivity index (χ1n) is 7.92. The Morgan fingerprint density at radius 2 is 2.00 bits per heavy atom. The van der Waals surface area contributed by atoms with Crippen molar-refractivity contribution in [1.82, 2.24) is 14.9 Å². The molecule has 1 atom stereocenters. The maximum absolute atomic E-state index is 12.2. The normalized spacial score (nSPS) is 12.2. The number of nitrogens with one attached hydrogen (secondary N) is 1.